The van der Waals surface area contributed by atoms with Crippen LogP contribution in [0.2, 0.25) is 5.02 Å². The van der Waals surface area contributed by atoms with Crippen molar-refractivity contribution < 1.29 is 18.0 Å². The lowest BCUT2D eigenvalue weighted by Crippen LogP contribution is -2.36. The number of carbonyl (C=O) groups is 1. The summed E-state index contributed by atoms with van der Waals surface area (Å²) in [7, 11) is 1.96. The van der Waals surface area contributed by atoms with Crippen LogP contribution >= 0.6 is 11.6 Å². The Morgan fingerprint density at radius 3 is 2.55 bits per heavy atom. The van der Waals surface area contributed by atoms with Crippen LogP contribution in [0.25, 0.3) is 0 Å². The van der Waals surface area contributed by atoms with Crippen molar-refractivity contribution in [3.8, 4) is 0 Å². The molecule has 4 rings (SSSR count). The summed E-state index contributed by atoms with van der Waals surface area (Å²) in [6, 6.07) is 5.65. The van der Waals surface area contributed by atoms with Gasteiger partial charge in [-0.25, -0.2) is 4.79 Å². The van der Waals surface area contributed by atoms with E-state index in [1.54, 1.807) is 6.07 Å². The number of halogens is 4. The number of carbonyl (C=O) groups excluding carboxylic acids is 1. The predicted octanol–water partition coefficient (Wildman–Crippen LogP) is 4.37. The normalized spacial score (nSPS) is 24.3. The molecule has 29 heavy (non-hydrogen) atoms. The lowest BCUT2D eigenvalue weighted by atomic mass is 10.0. The van der Waals surface area contributed by atoms with E-state index in [-0.39, 0.29) is 6.03 Å². The van der Waals surface area contributed by atoms with E-state index in [2.05, 4.69) is 10.00 Å². The number of hydrogen-bond donors (Lipinski definition) is 0. The summed E-state index contributed by atoms with van der Waals surface area (Å²) in [5.41, 5.74) is 0.0475. The van der Waals surface area contributed by atoms with Gasteiger partial charge in [0.05, 0.1) is 23.0 Å². The molecule has 1 saturated heterocycles. The van der Waals surface area contributed by atoms with Crippen molar-refractivity contribution in [2.24, 2.45) is 11.8 Å². The first kappa shape index (κ1) is 20.2. The van der Waals surface area contributed by atoms with Gasteiger partial charge in [-0.1, -0.05) is 29.8 Å². The molecule has 3 atom stereocenters. The van der Waals surface area contributed by atoms with Crippen molar-refractivity contribution in [3.63, 3.8) is 0 Å². The average Bonchev–Trinajstić information content (AvgIpc) is 3.35. The number of nitrogens with zero attached hydrogens (tertiary/aromatic N) is 4. The standard InChI is InChI=1S/C20H22ClF3N4O/c1-26(9-13-3-2-4-16(5-13)20(22,23)24)18-6-14-10-27(11-15(14)7-18)19(29)28-12-17(21)8-25-28/h2-5,8,12,14-15,18H,6-7,9-11H2,1H3/t14-,15+,18-. The van der Waals surface area contributed by atoms with Crippen LogP contribution in [0.1, 0.15) is 24.0 Å². The first-order valence-electron chi connectivity index (χ1n) is 9.56. The van der Waals surface area contributed by atoms with Crippen LogP contribution in [-0.2, 0) is 12.7 Å². The summed E-state index contributed by atoms with van der Waals surface area (Å²) in [5.74, 6) is 0.804. The second kappa shape index (κ2) is 7.65. The van der Waals surface area contributed by atoms with E-state index in [0.717, 1.165) is 18.9 Å². The van der Waals surface area contributed by atoms with Gasteiger partial charge in [-0.3, -0.25) is 4.90 Å². The maximum absolute atomic E-state index is 12.9. The molecule has 1 aliphatic carbocycles. The Bertz CT molecular complexity index is 886. The lowest BCUT2D eigenvalue weighted by molar-refractivity contribution is -0.137. The van der Waals surface area contributed by atoms with Crippen molar-refractivity contribution in [3.05, 3.63) is 52.8 Å². The molecule has 1 amide bonds. The molecule has 1 aromatic heterocycles. The number of likely N-dealkylation sites (tertiary alicyclic amines) is 1. The van der Waals surface area contributed by atoms with Gasteiger partial charge in [-0.15, -0.1) is 0 Å². The Balaban J connectivity index is 1.34. The van der Waals surface area contributed by atoms with Crippen molar-refractivity contribution >= 4 is 17.6 Å². The zero-order valence-electron chi connectivity index (χ0n) is 15.9. The summed E-state index contributed by atoms with van der Waals surface area (Å²) < 4.78 is 40.1. The van der Waals surface area contributed by atoms with Crippen molar-refractivity contribution in [2.45, 2.75) is 31.6 Å². The Morgan fingerprint density at radius 2 is 1.97 bits per heavy atom. The van der Waals surface area contributed by atoms with E-state index in [9.17, 15) is 18.0 Å². The number of rotatable bonds is 3. The highest BCUT2D eigenvalue weighted by Crippen LogP contribution is 2.40. The van der Waals surface area contributed by atoms with Crippen LogP contribution in [0.5, 0.6) is 0 Å². The number of fused-ring (bicyclic) bond motifs is 1. The fraction of sp³-hybridized carbons (Fsp3) is 0.500. The van der Waals surface area contributed by atoms with Crippen LogP contribution in [-0.4, -0.2) is 51.8 Å². The van der Waals surface area contributed by atoms with E-state index in [4.69, 9.17) is 11.6 Å². The van der Waals surface area contributed by atoms with Gasteiger partial charge in [-0.05, 0) is 43.4 Å². The molecule has 1 aliphatic heterocycles. The van der Waals surface area contributed by atoms with E-state index in [1.807, 2.05) is 11.9 Å². The second-order valence-corrected chi connectivity index (χ2v) is 8.49. The van der Waals surface area contributed by atoms with Crippen LogP contribution in [0.4, 0.5) is 18.0 Å². The first-order chi connectivity index (χ1) is 13.7. The minimum absolute atomic E-state index is 0.167. The molecule has 156 valence electrons. The maximum atomic E-state index is 12.9. The number of alkyl halides is 3. The molecule has 2 aliphatic rings. The topological polar surface area (TPSA) is 41.4 Å². The second-order valence-electron chi connectivity index (χ2n) is 8.05. The quantitative estimate of drug-likeness (QED) is 0.732. The molecule has 0 spiro atoms. The third-order valence-electron chi connectivity index (χ3n) is 6.05. The molecule has 2 fully saturated rings. The molecular formula is C20H22ClF3N4O. The van der Waals surface area contributed by atoms with E-state index >= 15 is 0 Å². The molecular weight excluding hydrogens is 405 g/mol. The van der Waals surface area contributed by atoms with E-state index < -0.39 is 11.7 Å². The number of hydrogen-bond acceptors (Lipinski definition) is 3. The first-order valence-corrected chi connectivity index (χ1v) is 9.94. The Labute approximate surface area is 172 Å². The number of aromatic nitrogens is 2. The molecule has 5 nitrogen and oxygen atoms in total. The largest absolute Gasteiger partial charge is 0.416 e. The fourth-order valence-electron chi connectivity index (χ4n) is 4.60. The zero-order valence-corrected chi connectivity index (χ0v) is 16.7. The molecule has 9 heteroatoms. The molecule has 2 heterocycles. The van der Waals surface area contributed by atoms with Crippen LogP contribution < -0.4 is 0 Å². The molecule has 0 radical (unpaired) electrons. The van der Waals surface area contributed by atoms with Gasteiger partial charge < -0.3 is 4.90 Å². The Morgan fingerprint density at radius 1 is 1.28 bits per heavy atom. The average molecular weight is 427 g/mol. The Hall–Kier alpha value is -2.06. The molecule has 0 N–H and O–H groups in total. The van der Waals surface area contributed by atoms with Gasteiger partial charge in [0.25, 0.3) is 0 Å². The lowest BCUT2D eigenvalue weighted by Gasteiger charge is -2.26. The smallest absolute Gasteiger partial charge is 0.322 e. The predicted molar refractivity (Wildman–Crippen MR) is 103 cm³/mol. The minimum Gasteiger partial charge on any atom is -0.322 e. The summed E-state index contributed by atoms with van der Waals surface area (Å²) in [6.07, 6.45) is 0.486. The van der Waals surface area contributed by atoms with Gasteiger partial charge in [-0.2, -0.15) is 23.0 Å². The summed E-state index contributed by atoms with van der Waals surface area (Å²) >= 11 is 5.84. The SMILES string of the molecule is CN(Cc1cccc(C(F)(F)F)c1)[C@@H]1C[C@@H]2CN(C(=O)n3cc(Cl)cn3)C[C@@H]2C1. The molecule has 1 saturated carbocycles. The summed E-state index contributed by atoms with van der Waals surface area (Å²) in [4.78, 5) is 16.5. The maximum Gasteiger partial charge on any atom is 0.416 e. The monoisotopic (exact) mass is 426 g/mol. The fourth-order valence-corrected chi connectivity index (χ4v) is 4.73. The van der Waals surface area contributed by atoms with Crippen molar-refractivity contribution in [1.29, 1.82) is 0 Å². The van der Waals surface area contributed by atoms with Crippen LogP contribution in [0.15, 0.2) is 36.7 Å². The molecule has 0 bridgehead atoms. The highest BCUT2D eigenvalue weighted by atomic mass is 35.5. The van der Waals surface area contributed by atoms with Crippen LogP contribution in [0.3, 0.4) is 0 Å². The highest BCUT2D eigenvalue weighted by molar-refractivity contribution is 6.30. The number of benzene rings is 1. The third kappa shape index (κ3) is 4.28. The van der Waals surface area contributed by atoms with Gasteiger partial charge in [0.2, 0.25) is 0 Å². The zero-order chi connectivity index (χ0) is 20.8. The minimum atomic E-state index is -4.33. The van der Waals surface area contributed by atoms with Crippen molar-refractivity contribution in [2.75, 3.05) is 20.1 Å². The van der Waals surface area contributed by atoms with E-state index in [0.29, 0.717) is 48.1 Å². The van der Waals surface area contributed by atoms with Gasteiger partial charge in [0.15, 0.2) is 0 Å². The molecule has 2 aromatic rings. The van der Waals surface area contributed by atoms with Gasteiger partial charge in [0, 0.05) is 25.7 Å². The van der Waals surface area contributed by atoms with Crippen molar-refractivity contribution in [1.82, 2.24) is 19.6 Å². The highest BCUT2D eigenvalue weighted by Gasteiger charge is 2.43. The van der Waals surface area contributed by atoms with Gasteiger partial charge in [0.1, 0.15) is 0 Å². The van der Waals surface area contributed by atoms with E-state index in [1.165, 1.54) is 29.2 Å². The summed E-state index contributed by atoms with van der Waals surface area (Å²) in [5, 5.41) is 4.40. The summed E-state index contributed by atoms with van der Waals surface area (Å²) in [6.45, 7) is 1.83. The Kier molecular flexibility index (Phi) is 5.33. The van der Waals surface area contributed by atoms with Crippen LogP contribution in [0, 0.1) is 11.8 Å². The van der Waals surface area contributed by atoms with Gasteiger partial charge >= 0.3 is 12.2 Å². The third-order valence-corrected chi connectivity index (χ3v) is 6.25. The molecule has 0 unspecified atom stereocenters. The number of amides is 1. The molecule has 1 aromatic carbocycles.